The average molecular weight is 324 g/mol. The van der Waals surface area contributed by atoms with Crippen LogP contribution in [0.5, 0.6) is 5.75 Å². The van der Waals surface area contributed by atoms with Crippen molar-refractivity contribution in [2.24, 2.45) is 0 Å². The van der Waals surface area contributed by atoms with Crippen molar-refractivity contribution >= 4 is 22.9 Å². The molecule has 2 aromatic carbocycles. The van der Waals surface area contributed by atoms with Crippen LogP contribution in [0.25, 0.3) is 22.6 Å². The highest BCUT2D eigenvalue weighted by molar-refractivity contribution is 7.98. The monoisotopic (exact) mass is 324 g/mol. The topological polar surface area (TPSA) is 59.0 Å². The molecular formula is C18H16N2O2S. The highest BCUT2D eigenvalue weighted by Crippen LogP contribution is 2.33. The third-order valence-corrected chi connectivity index (χ3v) is 4.24. The van der Waals surface area contributed by atoms with Gasteiger partial charge in [-0.1, -0.05) is 12.1 Å². The molecule has 1 heterocycles. The second-order valence-corrected chi connectivity index (χ2v) is 6.05. The number of rotatable bonds is 5. The molecule has 0 atom stereocenters. The predicted molar refractivity (Wildman–Crippen MR) is 92.8 cm³/mol. The lowest BCUT2D eigenvalue weighted by molar-refractivity contribution is 0.414. The van der Waals surface area contributed by atoms with Gasteiger partial charge in [-0.3, -0.25) is 0 Å². The Bertz CT molecular complexity index is 880. The number of aromatic nitrogens is 1. The van der Waals surface area contributed by atoms with Crippen LogP contribution in [0.4, 0.5) is 0 Å². The summed E-state index contributed by atoms with van der Waals surface area (Å²) in [5.41, 5.74) is 3.72. The predicted octanol–water partition coefficient (Wildman–Crippen LogP) is 4.28. The van der Waals surface area contributed by atoms with Crippen molar-refractivity contribution < 1.29 is 9.15 Å². The van der Waals surface area contributed by atoms with Gasteiger partial charge < -0.3 is 9.15 Å². The van der Waals surface area contributed by atoms with Gasteiger partial charge in [0.1, 0.15) is 17.3 Å². The maximum Gasteiger partial charge on any atom is 0.231 e. The molecule has 1 aromatic heterocycles. The van der Waals surface area contributed by atoms with Crippen LogP contribution in [0.3, 0.4) is 0 Å². The van der Waals surface area contributed by atoms with Crippen LogP contribution >= 0.6 is 11.8 Å². The fourth-order valence-corrected chi connectivity index (χ4v) is 2.89. The molecule has 0 spiro atoms. The molecule has 5 heteroatoms. The summed E-state index contributed by atoms with van der Waals surface area (Å²) in [6.07, 6.45) is 3.07. The second-order valence-electron chi connectivity index (χ2n) is 5.06. The van der Waals surface area contributed by atoms with Crippen molar-refractivity contribution in [2.75, 3.05) is 19.1 Å². The zero-order valence-electron chi connectivity index (χ0n) is 13.0. The number of oxazole rings is 1. The second kappa shape index (κ2) is 6.76. The summed E-state index contributed by atoms with van der Waals surface area (Å²) in [6.45, 7) is 0. The Morgan fingerprint density at radius 2 is 2.17 bits per heavy atom. The molecule has 4 nitrogen and oxygen atoms in total. The van der Waals surface area contributed by atoms with E-state index >= 15 is 0 Å². The molecular weight excluding hydrogens is 308 g/mol. The molecule has 0 amide bonds. The summed E-state index contributed by atoms with van der Waals surface area (Å²) >= 11 is 1.81. The third kappa shape index (κ3) is 3.03. The number of fused-ring (bicyclic) bond motifs is 1. The molecule has 0 aliphatic rings. The van der Waals surface area contributed by atoms with E-state index in [-0.39, 0.29) is 0 Å². The Labute approximate surface area is 139 Å². The summed E-state index contributed by atoms with van der Waals surface area (Å²) in [4.78, 5) is 4.51. The Balaban J connectivity index is 2.11. The highest BCUT2D eigenvalue weighted by atomic mass is 32.2. The summed E-state index contributed by atoms with van der Waals surface area (Å²) in [7, 11) is 1.63. The van der Waals surface area contributed by atoms with Gasteiger partial charge in [0.05, 0.1) is 18.2 Å². The fourth-order valence-electron chi connectivity index (χ4n) is 2.45. The van der Waals surface area contributed by atoms with Crippen molar-refractivity contribution in [3.63, 3.8) is 0 Å². The molecule has 3 aromatic rings. The number of hydrogen-bond donors (Lipinski definition) is 0. The number of nitrogens with zero attached hydrogens (tertiary/aromatic N) is 2. The van der Waals surface area contributed by atoms with Crippen LogP contribution in [0.1, 0.15) is 11.1 Å². The number of aryl methyl sites for hydroxylation is 1. The molecule has 0 unspecified atom stereocenters. The van der Waals surface area contributed by atoms with Crippen LogP contribution in [0, 0.1) is 11.3 Å². The summed E-state index contributed by atoms with van der Waals surface area (Å²) in [5, 5.41) is 9.20. The molecule has 0 saturated heterocycles. The van der Waals surface area contributed by atoms with E-state index in [1.165, 1.54) is 5.56 Å². The van der Waals surface area contributed by atoms with Crippen molar-refractivity contribution in [3.05, 3.63) is 47.5 Å². The number of nitriles is 1. The normalized spacial score (nSPS) is 10.7. The van der Waals surface area contributed by atoms with E-state index < -0.39 is 0 Å². The number of benzene rings is 2. The molecule has 0 saturated carbocycles. The fraction of sp³-hybridized carbons (Fsp3) is 0.222. The number of methoxy groups -OCH3 is 1. The molecule has 0 radical (unpaired) electrons. The summed E-state index contributed by atoms with van der Waals surface area (Å²) < 4.78 is 11.3. The molecule has 0 bridgehead atoms. The van der Waals surface area contributed by atoms with Gasteiger partial charge in [0.15, 0.2) is 5.58 Å². The van der Waals surface area contributed by atoms with E-state index in [4.69, 9.17) is 9.15 Å². The lowest BCUT2D eigenvalue weighted by atomic mass is 10.1. The first-order valence-corrected chi connectivity index (χ1v) is 8.62. The van der Waals surface area contributed by atoms with Crippen LogP contribution in [-0.4, -0.2) is 24.1 Å². The van der Waals surface area contributed by atoms with Crippen LogP contribution in [-0.2, 0) is 6.42 Å². The van der Waals surface area contributed by atoms with Gasteiger partial charge >= 0.3 is 0 Å². The molecule has 3 rings (SSSR count). The minimum Gasteiger partial charge on any atom is -0.496 e. The quantitative estimate of drug-likeness (QED) is 0.701. The lowest BCUT2D eigenvalue weighted by Crippen LogP contribution is -1.93. The van der Waals surface area contributed by atoms with Crippen LogP contribution < -0.4 is 4.74 Å². The smallest absolute Gasteiger partial charge is 0.231 e. The van der Waals surface area contributed by atoms with Gasteiger partial charge in [0.2, 0.25) is 5.89 Å². The Hall–Kier alpha value is -2.45. The number of hydrogen-bond acceptors (Lipinski definition) is 5. The highest BCUT2D eigenvalue weighted by Gasteiger charge is 2.15. The maximum absolute atomic E-state index is 9.20. The standard InChI is InChI=1S/C18H16N2O2S/c1-21-15-7-6-12(8-9-23-2)10-14(15)18-20-17-13(11-19)4-3-5-16(17)22-18/h3-7,10H,8-9H2,1-2H3. The summed E-state index contributed by atoms with van der Waals surface area (Å²) in [5.74, 6) is 2.24. The zero-order chi connectivity index (χ0) is 16.2. The van der Waals surface area contributed by atoms with Gasteiger partial charge in [-0.05, 0) is 48.3 Å². The molecule has 116 valence electrons. The lowest BCUT2D eigenvalue weighted by Gasteiger charge is -2.08. The van der Waals surface area contributed by atoms with E-state index in [2.05, 4.69) is 23.4 Å². The number of para-hydroxylation sites is 1. The van der Waals surface area contributed by atoms with E-state index in [9.17, 15) is 5.26 Å². The Morgan fingerprint density at radius 3 is 2.91 bits per heavy atom. The van der Waals surface area contributed by atoms with Gasteiger partial charge in [0.25, 0.3) is 0 Å². The van der Waals surface area contributed by atoms with E-state index in [0.29, 0.717) is 28.3 Å². The van der Waals surface area contributed by atoms with Gasteiger partial charge in [0, 0.05) is 0 Å². The zero-order valence-corrected chi connectivity index (χ0v) is 13.8. The Kier molecular flexibility index (Phi) is 4.54. The first-order chi connectivity index (χ1) is 11.3. The number of thioether (sulfide) groups is 1. The molecule has 0 aliphatic heterocycles. The first kappa shape index (κ1) is 15.4. The minimum atomic E-state index is 0.477. The molecule has 0 N–H and O–H groups in total. The molecule has 0 fully saturated rings. The molecule has 23 heavy (non-hydrogen) atoms. The van der Waals surface area contributed by atoms with Crippen molar-refractivity contribution in [3.8, 4) is 23.3 Å². The van der Waals surface area contributed by atoms with Gasteiger partial charge in [-0.15, -0.1) is 0 Å². The Morgan fingerprint density at radius 1 is 1.30 bits per heavy atom. The van der Waals surface area contributed by atoms with E-state index in [1.54, 1.807) is 19.2 Å². The van der Waals surface area contributed by atoms with Crippen molar-refractivity contribution in [1.82, 2.24) is 4.98 Å². The van der Waals surface area contributed by atoms with E-state index in [0.717, 1.165) is 17.7 Å². The summed E-state index contributed by atoms with van der Waals surface area (Å²) in [6, 6.07) is 13.5. The minimum absolute atomic E-state index is 0.477. The van der Waals surface area contributed by atoms with Crippen LogP contribution in [0.15, 0.2) is 40.8 Å². The average Bonchev–Trinajstić information content (AvgIpc) is 3.03. The molecule has 0 aliphatic carbocycles. The third-order valence-electron chi connectivity index (χ3n) is 3.63. The van der Waals surface area contributed by atoms with Crippen molar-refractivity contribution in [2.45, 2.75) is 6.42 Å². The van der Waals surface area contributed by atoms with Crippen molar-refractivity contribution in [1.29, 1.82) is 5.26 Å². The van der Waals surface area contributed by atoms with Gasteiger partial charge in [-0.25, -0.2) is 4.98 Å². The van der Waals surface area contributed by atoms with E-state index in [1.807, 2.05) is 30.0 Å². The SMILES string of the molecule is COc1ccc(CCSC)cc1-c1nc2c(C#N)cccc2o1. The number of ether oxygens (including phenoxy) is 1. The maximum atomic E-state index is 9.20. The first-order valence-electron chi connectivity index (χ1n) is 7.22. The van der Waals surface area contributed by atoms with Crippen LogP contribution in [0.2, 0.25) is 0 Å². The largest absolute Gasteiger partial charge is 0.496 e. The van der Waals surface area contributed by atoms with Gasteiger partial charge in [-0.2, -0.15) is 17.0 Å².